The number of anilines is 3. The predicted octanol–water partition coefficient (Wildman–Crippen LogP) is 3.48. The standard InChI is InChI=1S/C28H35FN8O2/c1-19(36-12-14-37(15-13-36)28(7-8-28)26(38)39)22-4-2-5-23(25(22)29)35-24-16-20(6-11-31-24)21-17-33-27(34-18-21)32-10-3-9-30/h2,4-6,11,16-19H,3,7-10,12-15,30H2,1H3,(H,31,35)(H,38,39)(H,32,33,34). The molecule has 206 valence electrons. The summed E-state index contributed by atoms with van der Waals surface area (Å²) in [5.74, 6) is 0.00719. The largest absolute Gasteiger partial charge is 0.480 e. The summed E-state index contributed by atoms with van der Waals surface area (Å²) in [4.78, 5) is 29.1. The highest BCUT2D eigenvalue weighted by atomic mass is 19.1. The van der Waals surface area contributed by atoms with Gasteiger partial charge in [0.15, 0.2) is 5.82 Å². The number of carbonyl (C=O) groups is 1. The molecule has 5 N–H and O–H groups in total. The molecular weight excluding hydrogens is 499 g/mol. The lowest BCUT2D eigenvalue weighted by Crippen LogP contribution is -2.54. The minimum Gasteiger partial charge on any atom is -0.480 e. The number of nitrogens with one attached hydrogen (secondary N) is 2. The second-order valence-electron chi connectivity index (χ2n) is 10.2. The maximum Gasteiger partial charge on any atom is 0.324 e. The summed E-state index contributed by atoms with van der Waals surface area (Å²) in [6, 6.07) is 8.89. The first-order valence-corrected chi connectivity index (χ1v) is 13.4. The van der Waals surface area contributed by atoms with E-state index in [9.17, 15) is 9.90 Å². The molecule has 1 saturated carbocycles. The van der Waals surface area contributed by atoms with Crippen molar-refractivity contribution in [2.45, 2.75) is 37.8 Å². The van der Waals surface area contributed by atoms with Crippen LogP contribution in [-0.2, 0) is 4.79 Å². The third kappa shape index (κ3) is 5.85. The highest BCUT2D eigenvalue weighted by Crippen LogP contribution is 2.43. The summed E-state index contributed by atoms with van der Waals surface area (Å²) in [6.07, 6.45) is 7.40. The number of pyridine rings is 1. The van der Waals surface area contributed by atoms with Gasteiger partial charge in [0.2, 0.25) is 5.95 Å². The number of piperazine rings is 1. The first-order chi connectivity index (χ1) is 18.9. The number of nitrogens with zero attached hydrogens (tertiary/aromatic N) is 5. The molecule has 1 aromatic carbocycles. The number of nitrogens with two attached hydrogens (primary N) is 1. The van der Waals surface area contributed by atoms with Crippen LogP contribution in [0.3, 0.4) is 0 Å². The molecular formula is C28H35FN8O2. The van der Waals surface area contributed by atoms with Crippen molar-refractivity contribution in [2.24, 2.45) is 5.73 Å². The average Bonchev–Trinajstić information content (AvgIpc) is 3.77. The Morgan fingerprint density at radius 2 is 1.87 bits per heavy atom. The van der Waals surface area contributed by atoms with Crippen molar-refractivity contribution in [2.75, 3.05) is 49.9 Å². The van der Waals surface area contributed by atoms with Crippen LogP contribution < -0.4 is 16.4 Å². The van der Waals surface area contributed by atoms with E-state index >= 15 is 4.39 Å². The van der Waals surface area contributed by atoms with E-state index in [4.69, 9.17) is 5.73 Å². The van der Waals surface area contributed by atoms with Crippen molar-refractivity contribution in [3.05, 3.63) is 60.3 Å². The van der Waals surface area contributed by atoms with E-state index < -0.39 is 11.5 Å². The molecule has 3 aromatic rings. The van der Waals surface area contributed by atoms with Gasteiger partial charge in [0.25, 0.3) is 0 Å². The van der Waals surface area contributed by atoms with Gasteiger partial charge in [-0.2, -0.15) is 0 Å². The highest BCUT2D eigenvalue weighted by Gasteiger charge is 2.55. The Bertz CT molecular complexity index is 1290. The molecule has 0 bridgehead atoms. The molecule has 5 rings (SSSR count). The van der Waals surface area contributed by atoms with Gasteiger partial charge in [0.1, 0.15) is 11.4 Å². The Kier molecular flexibility index (Phi) is 8.01. The van der Waals surface area contributed by atoms with E-state index in [0.29, 0.717) is 75.1 Å². The summed E-state index contributed by atoms with van der Waals surface area (Å²) in [5.41, 5.74) is 7.46. The zero-order chi connectivity index (χ0) is 27.4. The van der Waals surface area contributed by atoms with Crippen LogP contribution in [0.4, 0.5) is 21.8 Å². The van der Waals surface area contributed by atoms with Crippen LogP contribution in [0, 0.1) is 5.82 Å². The van der Waals surface area contributed by atoms with E-state index in [1.54, 1.807) is 24.7 Å². The number of carboxylic acids is 1. The monoisotopic (exact) mass is 534 g/mol. The molecule has 1 aliphatic heterocycles. The molecule has 1 saturated heterocycles. The smallest absolute Gasteiger partial charge is 0.324 e. The quantitative estimate of drug-likeness (QED) is 0.271. The van der Waals surface area contributed by atoms with E-state index in [1.165, 1.54) is 0 Å². The molecule has 1 aliphatic carbocycles. The molecule has 1 unspecified atom stereocenters. The number of carboxylic acid groups (broad SMARTS) is 1. The zero-order valence-corrected chi connectivity index (χ0v) is 22.1. The molecule has 10 nitrogen and oxygen atoms in total. The summed E-state index contributed by atoms with van der Waals surface area (Å²) >= 11 is 0. The fourth-order valence-corrected chi connectivity index (χ4v) is 5.17. The summed E-state index contributed by atoms with van der Waals surface area (Å²) in [5, 5.41) is 15.9. The van der Waals surface area contributed by atoms with E-state index in [1.807, 2.05) is 31.2 Å². The van der Waals surface area contributed by atoms with Crippen LogP contribution in [-0.4, -0.2) is 80.6 Å². The van der Waals surface area contributed by atoms with Gasteiger partial charge in [-0.3, -0.25) is 14.6 Å². The van der Waals surface area contributed by atoms with Crippen molar-refractivity contribution in [3.63, 3.8) is 0 Å². The van der Waals surface area contributed by atoms with Gasteiger partial charge >= 0.3 is 5.97 Å². The normalized spacial score (nSPS) is 17.9. The van der Waals surface area contributed by atoms with Crippen LogP contribution in [0.15, 0.2) is 48.9 Å². The summed E-state index contributed by atoms with van der Waals surface area (Å²) in [7, 11) is 0. The number of aromatic nitrogens is 3. The van der Waals surface area contributed by atoms with Crippen molar-refractivity contribution >= 4 is 23.4 Å². The van der Waals surface area contributed by atoms with Gasteiger partial charge in [-0.15, -0.1) is 0 Å². The molecule has 0 amide bonds. The fraction of sp³-hybridized carbons (Fsp3) is 0.429. The molecule has 1 atom stereocenters. The SMILES string of the molecule is CC(c1cccc(Nc2cc(-c3cnc(NCCCN)nc3)ccn2)c1F)N1CCN(C2(C(=O)O)CC2)CC1. The van der Waals surface area contributed by atoms with Crippen molar-refractivity contribution in [1.82, 2.24) is 24.8 Å². The summed E-state index contributed by atoms with van der Waals surface area (Å²) in [6.45, 7) is 6.04. The molecule has 0 spiro atoms. The Morgan fingerprint density at radius 3 is 2.54 bits per heavy atom. The van der Waals surface area contributed by atoms with Crippen LogP contribution in [0.25, 0.3) is 11.1 Å². The molecule has 39 heavy (non-hydrogen) atoms. The molecule has 0 radical (unpaired) electrons. The second kappa shape index (κ2) is 11.6. The fourth-order valence-electron chi connectivity index (χ4n) is 5.17. The van der Waals surface area contributed by atoms with E-state index in [2.05, 4.69) is 35.4 Å². The topological polar surface area (TPSA) is 133 Å². The lowest BCUT2D eigenvalue weighted by Gasteiger charge is -2.40. The van der Waals surface area contributed by atoms with Crippen LogP contribution in [0.5, 0.6) is 0 Å². The predicted molar refractivity (Wildman–Crippen MR) is 148 cm³/mol. The Hall–Kier alpha value is -3.67. The third-order valence-corrected chi connectivity index (χ3v) is 7.74. The van der Waals surface area contributed by atoms with Gasteiger partial charge in [0, 0.05) is 68.5 Å². The molecule has 2 fully saturated rings. The minimum absolute atomic E-state index is 0.151. The van der Waals surface area contributed by atoms with Crippen LogP contribution in [0.1, 0.15) is 37.8 Å². The first-order valence-electron chi connectivity index (χ1n) is 13.4. The number of aliphatic carboxylic acids is 1. The van der Waals surface area contributed by atoms with Gasteiger partial charge in [-0.05, 0) is 56.5 Å². The van der Waals surface area contributed by atoms with Crippen molar-refractivity contribution < 1.29 is 14.3 Å². The number of hydrogen-bond acceptors (Lipinski definition) is 9. The number of benzene rings is 1. The second-order valence-corrected chi connectivity index (χ2v) is 10.2. The van der Waals surface area contributed by atoms with E-state index in [0.717, 1.165) is 17.5 Å². The molecule has 2 aliphatic rings. The van der Waals surface area contributed by atoms with Gasteiger partial charge < -0.3 is 21.5 Å². The third-order valence-electron chi connectivity index (χ3n) is 7.74. The Morgan fingerprint density at radius 1 is 1.13 bits per heavy atom. The Balaban J connectivity index is 1.25. The Labute approximate surface area is 227 Å². The van der Waals surface area contributed by atoms with Crippen molar-refractivity contribution in [1.29, 1.82) is 0 Å². The van der Waals surface area contributed by atoms with Crippen molar-refractivity contribution in [3.8, 4) is 11.1 Å². The first kappa shape index (κ1) is 26.9. The lowest BCUT2D eigenvalue weighted by atomic mass is 10.0. The molecule has 3 heterocycles. The maximum absolute atomic E-state index is 15.7. The highest BCUT2D eigenvalue weighted by molar-refractivity contribution is 5.82. The van der Waals surface area contributed by atoms with Crippen LogP contribution >= 0.6 is 0 Å². The van der Waals surface area contributed by atoms with Gasteiger partial charge in [-0.1, -0.05) is 12.1 Å². The zero-order valence-electron chi connectivity index (χ0n) is 22.1. The lowest BCUT2D eigenvalue weighted by molar-refractivity contribution is -0.146. The number of halogens is 1. The molecule has 2 aromatic heterocycles. The van der Waals surface area contributed by atoms with Crippen LogP contribution in [0.2, 0.25) is 0 Å². The van der Waals surface area contributed by atoms with Gasteiger partial charge in [0.05, 0.1) is 5.69 Å². The average molecular weight is 535 g/mol. The van der Waals surface area contributed by atoms with Gasteiger partial charge in [-0.25, -0.2) is 19.3 Å². The minimum atomic E-state index is -0.730. The molecule has 11 heteroatoms. The number of hydrogen-bond donors (Lipinski definition) is 4. The van der Waals surface area contributed by atoms with E-state index in [-0.39, 0.29) is 11.9 Å². The number of rotatable bonds is 11. The summed E-state index contributed by atoms with van der Waals surface area (Å²) < 4.78 is 15.7. The maximum atomic E-state index is 15.7.